The Hall–Kier alpha value is -4.70. The van der Waals surface area contributed by atoms with Crippen molar-refractivity contribution in [3.63, 3.8) is 0 Å². The topological polar surface area (TPSA) is 97.2 Å². The normalized spacial score (nSPS) is 16.2. The van der Waals surface area contributed by atoms with Crippen LogP contribution in [0.1, 0.15) is 55.4 Å². The Labute approximate surface area is 222 Å². The minimum atomic E-state index is -0.511. The molecule has 0 saturated carbocycles. The van der Waals surface area contributed by atoms with E-state index in [9.17, 15) is 10.1 Å². The largest absolute Gasteiger partial charge is 0.362 e. The Morgan fingerprint density at radius 2 is 1.84 bits per heavy atom. The summed E-state index contributed by atoms with van der Waals surface area (Å²) in [7, 11) is 0. The summed E-state index contributed by atoms with van der Waals surface area (Å²) in [6.45, 7) is 7.74. The molecular formula is C31H30N6O. The molecule has 38 heavy (non-hydrogen) atoms. The van der Waals surface area contributed by atoms with Crippen molar-refractivity contribution in [1.82, 2.24) is 9.97 Å². The van der Waals surface area contributed by atoms with Crippen molar-refractivity contribution in [1.29, 1.82) is 5.26 Å². The van der Waals surface area contributed by atoms with E-state index in [4.69, 9.17) is 0 Å². The molecule has 1 unspecified atom stereocenters. The lowest BCUT2D eigenvalue weighted by atomic mass is 9.79. The number of H-pyrrole nitrogens is 1. The number of nitrogens with one attached hydrogen (secondary N) is 2. The van der Waals surface area contributed by atoms with Crippen molar-refractivity contribution in [2.75, 3.05) is 10.3 Å². The maximum atomic E-state index is 12.5. The standard InChI is InChI=1S/C31H30N6O/c1-21-17-31(2,3)37(20-22-10-6-4-7-11-22)27-15-14-23(16-25(21)27)19-33-36-30-34-28(24-12-8-5-9-13-24)26(18-32)29(38)35-30/h4-16,19,21H,17,20H2,1-3H3,(H2,34,35,36,38). The van der Waals surface area contributed by atoms with E-state index in [0.717, 1.165) is 18.5 Å². The van der Waals surface area contributed by atoms with E-state index < -0.39 is 5.56 Å². The summed E-state index contributed by atoms with van der Waals surface area (Å²) >= 11 is 0. The smallest absolute Gasteiger partial charge is 0.270 e. The minimum absolute atomic E-state index is 0.0302. The number of hydrogen-bond donors (Lipinski definition) is 2. The van der Waals surface area contributed by atoms with E-state index in [-0.39, 0.29) is 17.1 Å². The molecule has 0 saturated heterocycles. The SMILES string of the molecule is CC1CC(C)(C)N(Cc2ccccc2)c2ccc(C=NNc3nc(-c4ccccc4)c(C#N)c(=O)[nH]3)cc21. The molecule has 0 bridgehead atoms. The van der Waals surface area contributed by atoms with Gasteiger partial charge in [0, 0.05) is 23.3 Å². The molecule has 0 aliphatic carbocycles. The van der Waals surface area contributed by atoms with E-state index >= 15 is 0 Å². The Kier molecular flexibility index (Phi) is 6.80. The second kappa shape index (κ2) is 10.3. The monoisotopic (exact) mass is 502 g/mol. The lowest BCUT2D eigenvalue weighted by Crippen LogP contribution is -2.47. The fraction of sp³-hybridized carbons (Fsp3) is 0.226. The Balaban J connectivity index is 1.40. The number of hydrazone groups is 1. The summed E-state index contributed by atoms with van der Waals surface area (Å²) in [6.07, 6.45) is 2.76. The average molecular weight is 503 g/mol. The van der Waals surface area contributed by atoms with E-state index in [1.807, 2.05) is 42.5 Å². The van der Waals surface area contributed by atoms with Crippen molar-refractivity contribution >= 4 is 17.9 Å². The number of anilines is 2. The van der Waals surface area contributed by atoms with Crippen LogP contribution < -0.4 is 15.9 Å². The first-order valence-corrected chi connectivity index (χ1v) is 12.7. The van der Waals surface area contributed by atoms with Gasteiger partial charge in [0.1, 0.15) is 11.6 Å². The molecule has 7 heteroatoms. The Morgan fingerprint density at radius 1 is 1.13 bits per heavy atom. The van der Waals surface area contributed by atoms with E-state index in [1.54, 1.807) is 6.21 Å². The third-order valence-electron chi connectivity index (χ3n) is 7.06. The molecule has 2 heterocycles. The molecule has 5 rings (SSSR count). The highest BCUT2D eigenvalue weighted by Crippen LogP contribution is 2.44. The highest BCUT2D eigenvalue weighted by molar-refractivity contribution is 5.82. The number of nitrogens with zero attached hydrogens (tertiary/aromatic N) is 4. The molecule has 2 N–H and O–H groups in total. The van der Waals surface area contributed by atoms with Crippen LogP contribution in [0.5, 0.6) is 0 Å². The van der Waals surface area contributed by atoms with Gasteiger partial charge in [0.15, 0.2) is 0 Å². The molecule has 190 valence electrons. The molecule has 0 amide bonds. The Morgan fingerprint density at radius 3 is 2.55 bits per heavy atom. The van der Waals surface area contributed by atoms with Crippen molar-refractivity contribution in [2.24, 2.45) is 5.10 Å². The van der Waals surface area contributed by atoms with Gasteiger partial charge >= 0.3 is 0 Å². The van der Waals surface area contributed by atoms with E-state index in [0.29, 0.717) is 17.2 Å². The van der Waals surface area contributed by atoms with Crippen LogP contribution in [-0.2, 0) is 6.54 Å². The van der Waals surface area contributed by atoms with Gasteiger partial charge in [-0.15, -0.1) is 0 Å². The van der Waals surface area contributed by atoms with Crippen molar-refractivity contribution in [3.8, 4) is 17.3 Å². The molecule has 4 aromatic rings. The van der Waals surface area contributed by atoms with Gasteiger partial charge in [0.25, 0.3) is 5.56 Å². The van der Waals surface area contributed by atoms with Gasteiger partial charge in [-0.25, -0.2) is 10.4 Å². The van der Waals surface area contributed by atoms with Crippen molar-refractivity contribution in [3.05, 3.63) is 111 Å². The van der Waals surface area contributed by atoms with Crippen LogP contribution in [0, 0.1) is 11.3 Å². The number of rotatable bonds is 6. The van der Waals surface area contributed by atoms with Gasteiger partial charge < -0.3 is 4.90 Å². The summed E-state index contributed by atoms with van der Waals surface area (Å²) in [5, 5.41) is 13.8. The van der Waals surface area contributed by atoms with Gasteiger partial charge in [-0.1, -0.05) is 73.7 Å². The zero-order chi connectivity index (χ0) is 26.7. The van der Waals surface area contributed by atoms with Crippen LogP contribution in [0.15, 0.2) is 88.8 Å². The minimum Gasteiger partial charge on any atom is -0.362 e. The van der Waals surface area contributed by atoms with E-state index in [1.165, 1.54) is 16.8 Å². The van der Waals surface area contributed by atoms with Crippen LogP contribution in [0.3, 0.4) is 0 Å². The zero-order valence-electron chi connectivity index (χ0n) is 21.8. The first-order valence-electron chi connectivity index (χ1n) is 12.7. The summed E-state index contributed by atoms with van der Waals surface area (Å²) in [4.78, 5) is 22.0. The number of aromatic amines is 1. The van der Waals surface area contributed by atoms with Gasteiger partial charge in [-0.05, 0) is 55.0 Å². The van der Waals surface area contributed by atoms with Crippen LogP contribution in [0.4, 0.5) is 11.6 Å². The van der Waals surface area contributed by atoms with Gasteiger partial charge in [0.2, 0.25) is 5.95 Å². The number of nitriles is 1. The van der Waals surface area contributed by atoms with Crippen LogP contribution in [0.2, 0.25) is 0 Å². The highest BCUT2D eigenvalue weighted by Gasteiger charge is 2.36. The van der Waals surface area contributed by atoms with Gasteiger partial charge in [-0.3, -0.25) is 9.78 Å². The average Bonchev–Trinajstić information content (AvgIpc) is 2.91. The van der Waals surface area contributed by atoms with Crippen LogP contribution >= 0.6 is 0 Å². The fourth-order valence-corrected chi connectivity index (χ4v) is 5.26. The maximum absolute atomic E-state index is 12.5. The molecule has 1 aromatic heterocycles. The van der Waals surface area contributed by atoms with Gasteiger partial charge in [0.05, 0.1) is 11.9 Å². The van der Waals surface area contributed by atoms with Crippen molar-refractivity contribution < 1.29 is 0 Å². The number of aromatic nitrogens is 2. The molecule has 3 aromatic carbocycles. The molecule has 7 nitrogen and oxygen atoms in total. The molecule has 0 fully saturated rings. The predicted octanol–water partition coefficient (Wildman–Crippen LogP) is 6.05. The van der Waals surface area contributed by atoms with Crippen LogP contribution in [0.25, 0.3) is 11.3 Å². The first-order chi connectivity index (χ1) is 18.4. The lowest BCUT2D eigenvalue weighted by molar-refractivity contribution is 0.374. The third kappa shape index (κ3) is 5.07. The summed E-state index contributed by atoms with van der Waals surface area (Å²) < 4.78 is 0. The number of hydrogen-bond acceptors (Lipinski definition) is 6. The number of benzene rings is 3. The maximum Gasteiger partial charge on any atom is 0.270 e. The molecule has 1 atom stereocenters. The molecule has 0 radical (unpaired) electrons. The molecular weight excluding hydrogens is 472 g/mol. The summed E-state index contributed by atoms with van der Waals surface area (Å²) in [6, 6.07) is 28.1. The summed E-state index contributed by atoms with van der Waals surface area (Å²) in [5.41, 5.74) is 8.09. The van der Waals surface area contributed by atoms with Crippen molar-refractivity contribution in [2.45, 2.75) is 45.2 Å². The highest BCUT2D eigenvalue weighted by atomic mass is 16.1. The van der Waals surface area contributed by atoms with E-state index in [2.05, 4.69) is 88.6 Å². The molecule has 1 aliphatic heterocycles. The molecule has 0 spiro atoms. The Bertz CT molecular complexity index is 1570. The second-order valence-corrected chi connectivity index (χ2v) is 10.3. The van der Waals surface area contributed by atoms with Crippen LogP contribution in [-0.4, -0.2) is 21.7 Å². The van der Waals surface area contributed by atoms with Gasteiger partial charge in [-0.2, -0.15) is 10.4 Å². The zero-order valence-corrected chi connectivity index (χ0v) is 21.8. The third-order valence-corrected chi connectivity index (χ3v) is 7.06. The lowest BCUT2D eigenvalue weighted by Gasteiger charge is -2.47. The summed E-state index contributed by atoms with van der Waals surface area (Å²) in [5.74, 6) is 0.574. The number of fused-ring (bicyclic) bond motifs is 1. The fourth-order valence-electron chi connectivity index (χ4n) is 5.26. The second-order valence-electron chi connectivity index (χ2n) is 10.3. The first kappa shape index (κ1) is 25.0. The molecule has 1 aliphatic rings. The predicted molar refractivity (Wildman–Crippen MR) is 152 cm³/mol. The quantitative estimate of drug-likeness (QED) is 0.247.